The van der Waals surface area contributed by atoms with E-state index in [-0.39, 0.29) is 12.5 Å². The summed E-state index contributed by atoms with van der Waals surface area (Å²) in [4.78, 5) is 14.7. The van der Waals surface area contributed by atoms with Gasteiger partial charge >= 0.3 is 0 Å². The molecule has 0 unspecified atom stereocenters. The summed E-state index contributed by atoms with van der Waals surface area (Å²) in [6.07, 6.45) is 0. The Hall–Kier alpha value is -3.74. The van der Waals surface area contributed by atoms with Crippen LogP contribution < -0.4 is 0 Å². The molecule has 0 saturated carbocycles. The number of rotatable bonds is 5. The molecule has 0 N–H and O–H groups in total. The summed E-state index contributed by atoms with van der Waals surface area (Å²) in [6, 6.07) is 21.2. The first-order valence-corrected chi connectivity index (χ1v) is 8.87. The van der Waals surface area contributed by atoms with Crippen LogP contribution in [0.3, 0.4) is 0 Å². The van der Waals surface area contributed by atoms with E-state index in [0.717, 1.165) is 16.9 Å². The molecule has 0 atom stereocenters. The number of para-hydroxylation sites is 1. The van der Waals surface area contributed by atoms with Crippen molar-refractivity contribution in [2.24, 2.45) is 0 Å². The number of aromatic nitrogens is 4. The first kappa shape index (κ1) is 17.7. The maximum atomic E-state index is 13.2. The Morgan fingerprint density at radius 1 is 1.04 bits per heavy atom. The highest BCUT2D eigenvalue weighted by molar-refractivity contribution is 5.94. The van der Waals surface area contributed by atoms with Crippen LogP contribution >= 0.6 is 0 Å². The van der Waals surface area contributed by atoms with Crippen molar-refractivity contribution in [1.29, 1.82) is 0 Å². The Morgan fingerprint density at radius 2 is 1.71 bits per heavy atom. The molecule has 0 saturated heterocycles. The van der Waals surface area contributed by atoms with Crippen LogP contribution in [-0.2, 0) is 6.54 Å². The lowest BCUT2D eigenvalue weighted by Gasteiger charge is -2.15. The maximum Gasteiger partial charge on any atom is 0.272 e. The number of hydrogen-bond acceptors (Lipinski definition) is 5. The van der Waals surface area contributed by atoms with Crippen LogP contribution in [0.15, 0.2) is 71.1 Å². The second-order valence-electron chi connectivity index (χ2n) is 6.40. The minimum absolute atomic E-state index is 0.186. The van der Waals surface area contributed by atoms with Gasteiger partial charge < -0.3 is 9.32 Å². The molecule has 2 heterocycles. The largest absolute Gasteiger partial charge is 0.424 e. The molecule has 28 heavy (non-hydrogen) atoms. The van der Waals surface area contributed by atoms with Gasteiger partial charge in [0.05, 0.1) is 17.9 Å². The van der Waals surface area contributed by atoms with Gasteiger partial charge in [0.25, 0.3) is 5.91 Å². The fourth-order valence-corrected chi connectivity index (χ4v) is 2.92. The summed E-state index contributed by atoms with van der Waals surface area (Å²) in [6.45, 7) is 1.94. The van der Waals surface area contributed by atoms with Crippen molar-refractivity contribution in [3.63, 3.8) is 0 Å². The number of amides is 1. The lowest BCUT2D eigenvalue weighted by molar-refractivity contribution is 0.0763. The third-order valence-electron chi connectivity index (χ3n) is 4.29. The first-order valence-electron chi connectivity index (χ1n) is 8.87. The van der Waals surface area contributed by atoms with Gasteiger partial charge in [-0.25, -0.2) is 4.68 Å². The van der Waals surface area contributed by atoms with Crippen LogP contribution in [0.1, 0.15) is 22.3 Å². The van der Waals surface area contributed by atoms with Gasteiger partial charge in [-0.1, -0.05) is 48.5 Å². The van der Waals surface area contributed by atoms with Gasteiger partial charge in [-0.2, -0.15) is 5.10 Å². The predicted molar refractivity (Wildman–Crippen MR) is 104 cm³/mol. The molecule has 4 rings (SSSR count). The summed E-state index contributed by atoms with van der Waals surface area (Å²) in [7, 11) is 1.70. The molecule has 4 aromatic rings. The van der Waals surface area contributed by atoms with E-state index in [1.165, 1.54) is 4.90 Å². The van der Waals surface area contributed by atoms with E-state index >= 15 is 0 Å². The highest BCUT2D eigenvalue weighted by Crippen LogP contribution is 2.22. The summed E-state index contributed by atoms with van der Waals surface area (Å²) in [5.41, 5.74) is 2.95. The summed E-state index contributed by atoms with van der Waals surface area (Å²) >= 11 is 0. The van der Waals surface area contributed by atoms with Crippen molar-refractivity contribution in [2.75, 3.05) is 7.05 Å². The van der Waals surface area contributed by atoms with E-state index in [0.29, 0.717) is 17.5 Å². The van der Waals surface area contributed by atoms with Crippen molar-refractivity contribution in [1.82, 2.24) is 24.9 Å². The Bertz CT molecular complexity index is 1090. The molecule has 0 aliphatic rings. The second-order valence-corrected chi connectivity index (χ2v) is 6.40. The average Bonchev–Trinajstić information content (AvgIpc) is 3.35. The fraction of sp³-hybridized carbons (Fsp3) is 0.143. The van der Waals surface area contributed by atoms with Crippen molar-refractivity contribution in [2.45, 2.75) is 13.5 Å². The SMILES string of the molecule is Cc1nnc(CN(C)C(=O)c2cc(-c3ccccc3)nn2-c2ccccc2)o1. The van der Waals surface area contributed by atoms with Crippen molar-refractivity contribution in [3.05, 3.63) is 84.2 Å². The van der Waals surface area contributed by atoms with Gasteiger partial charge in [0, 0.05) is 19.5 Å². The molecule has 0 spiro atoms. The molecule has 0 fully saturated rings. The third-order valence-corrected chi connectivity index (χ3v) is 4.29. The second kappa shape index (κ2) is 7.48. The van der Waals surface area contributed by atoms with E-state index in [1.54, 1.807) is 24.7 Å². The van der Waals surface area contributed by atoms with Gasteiger partial charge in [0.15, 0.2) is 0 Å². The molecule has 0 bridgehead atoms. The zero-order chi connectivity index (χ0) is 19.5. The predicted octanol–water partition coefficient (Wildman–Crippen LogP) is 3.50. The quantitative estimate of drug-likeness (QED) is 0.535. The maximum absolute atomic E-state index is 13.2. The van der Waals surface area contributed by atoms with Gasteiger partial charge in [-0.3, -0.25) is 4.79 Å². The Balaban J connectivity index is 1.72. The van der Waals surface area contributed by atoms with Crippen LogP contribution in [0.2, 0.25) is 0 Å². The molecule has 2 aromatic heterocycles. The topological polar surface area (TPSA) is 77.1 Å². The number of nitrogens with zero attached hydrogens (tertiary/aromatic N) is 5. The van der Waals surface area contributed by atoms with Crippen LogP contribution in [0.5, 0.6) is 0 Å². The Kier molecular flexibility index (Phi) is 4.72. The zero-order valence-corrected chi connectivity index (χ0v) is 15.6. The molecular formula is C21H19N5O2. The standard InChI is InChI=1S/C21H19N5O2/c1-15-22-23-20(28-15)14-25(2)21(27)19-13-18(16-9-5-3-6-10-16)24-26(19)17-11-7-4-8-12-17/h3-13H,14H2,1-2H3. The third kappa shape index (κ3) is 3.55. The summed E-state index contributed by atoms with van der Waals surface area (Å²) in [5.74, 6) is 0.674. The van der Waals surface area contributed by atoms with Crippen molar-refractivity contribution in [3.8, 4) is 16.9 Å². The first-order chi connectivity index (χ1) is 13.6. The molecule has 1 amide bonds. The van der Waals surface area contributed by atoms with Crippen LogP contribution in [0.4, 0.5) is 0 Å². The molecule has 2 aromatic carbocycles. The van der Waals surface area contributed by atoms with E-state index in [1.807, 2.05) is 60.7 Å². The summed E-state index contributed by atoms with van der Waals surface area (Å²) < 4.78 is 7.06. The van der Waals surface area contributed by atoms with Crippen LogP contribution in [-0.4, -0.2) is 37.8 Å². The van der Waals surface area contributed by atoms with Crippen molar-refractivity contribution >= 4 is 5.91 Å². The van der Waals surface area contributed by atoms with Gasteiger partial charge in [-0.15, -0.1) is 10.2 Å². The van der Waals surface area contributed by atoms with Crippen LogP contribution in [0.25, 0.3) is 16.9 Å². The molecule has 0 aliphatic heterocycles. The van der Waals surface area contributed by atoms with Gasteiger partial charge in [0.1, 0.15) is 5.69 Å². The minimum Gasteiger partial charge on any atom is -0.424 e. The van der Waals surface area contributed by atoms with Crippen molar-refractivity contribution < 1.29 is 9.21 Å². The molecule has 7 nitrogen and oxygen atoms in total. The molecular weight excluding hydrogens is 354 g/mol. The van der Waals surface area contributed by atoms with E-state index < -0.39 is 0 Å². The Labute approximate surface area is 162 Å². The van der Waals surface area contributed by atoms with Gasteiger partial charge in [0.2, 0.25) is 11.8 Å². The molecule has 140 valence electrons. The number of benzene rings is 2. The summed E-state index contributed by atoms with van der Waals surface area (Å²) in [5, 5.41) is 12.5. The fourth-order valence-electron chi connectivity index (χ4n) is 2.92. The van der Waals surface area contributed by atoms with Crippen LogP contribution in [0, 0.1) is 6.92 Å². The highest BCUT2D eigenvalue weighted by atomic mass is 16.4. The lowest BCUT2D eigenvalue weighted by Crippen LogP contribution is -2.28. The lowest BCUT2D eigenvalue weighted by atomic mass is 10.1. The number of aryl methyl sites for hydroxylation is 1. The van der Waals surface area contributed by atoms with Gasteiger partial charge in [-0.05, 0) is 18.2 Å². The Morgan fingerprint density at radius 3 is 2.36 bits per heavy atom. The number of carbonyl (C=O) groups excluding carboxylic acids is 1. The zero-order valence-electron chi connectivity index (χ0n) is 15.6. The molecule has 0 radical (unpaired) electrons. The van der Waals surface area contributed by atoms with E-state index in [2.05, 4.69) is 15.3 Å². The normalized spacial score (nSPS) is 10.8. The number of hydrogen-bond donors (Lipinski definition) is 0. The monoisotopic (exact) mass is 373 g/mol. The van der Waals surface area contributed by atoms with E-state index in [9.17, 15) is 4.79 Å². The molecule has 7 heteroatoms. The smallest absolute Gasteiger partial charge is 0.272 e. The number of carbonyl (C=O) groups is 1. The molecule has 0 aliphatic carbocycles. The minimum atomic E-state index is -0.186. The average molecular weight is 373 g/mol. The highest BCUT2D eigenvalue weighted by Gasteiger charge is 2.22. The van der Waals surface area contributed by atoms with E-state index in [4.69, 9.17) is 4.42 Å².